The molecule has 7 nitrogen and oxygen atoms in total. The van der Waals surface area contributed by atoms with Crippen LogP contribution in [-0.2, 0) is 26.2 Å². The summed E-state index contributed by atoms with van der Waals surface area (Å²) in [6.07, 6.45) is 4.61. The molecule has 1 aromatic carbocycles. The molecule has 0 bridgehead atoms. The van der Waals surface area contributed by atoms with Crippen molar-refractivity contribution in [1.29, 1.82) is 0 Å². The average Bonchev–Trinajstić information content (AvgIpc) is 3.00. The summed E-state index contributed by atoms with van der Waals surface area (Å²) in [5, 5.41) is 0. The molecular weight excluding hydrogens is 414 g/mol. The van der Waals surface area contributed by atoms with Crippen LogP contribution < -0.4 is 0 Å². The molecule has 2 saturated heterocycles. The summed E-state index contributed by atoms with van der Waals surface area (Å²) in [5.74, 6) is -0.554. The fourth-order valence-electron chi connectivity index (χ4n) is 5.24. The molecular formula is C23H33N3O4S. The van der Waals surface area contributed by atoms with E-state index in [4.69, 9.17) is 0 Å². The van der Waals surface area contributed by atoms with Gasteiger partial charge in [-0.15, -0.1) is 0 Å². The number of fused-ring (bicyclic) bond motifs is 1. The summed E-state index contributed by atoms with van der Waals surface area (Å²) < 4.78 is 28.3. The number of piperazine rings is 1. The van der Waals surface area contributed by atoms with Crippen molar-refractivity contribution in [3.63, 3.8) is 0 Å². The van der Waals surface area contributed by atoms with E-state index in [1.165, 1.54) is 4.90 Å². The van der Waals surface area contributed by atoms with Gasteiger partial charge in [-0.3, -0.25) is 14.5 Å². The molecule has 1 aromatic rings. The van der Waals surface area contributed by atoms with E-state index in [1.807, 2.05) is 6.07 Å². The highest BCUT2D eigenvalue weighted by atomic mass is 32.2. The third-order valence-electron chi connectivity index (χ3n) is 7.01. The molecule has 4 rings (SSSR count). The van der Waals surface area contributed by atoms with Gasteiger partial charge in [-0.25, -0.2) is 8.42 Å². The molecule has 2 amide bonds. The van der Waals surface area contributed by atoms with Crippen LogP contribution in [0.15, 0.2) is 23.1 Å². The molecule has 8 heteroatoms. The topological polar surface area (TPSA) is 78.0 Å². The number of imide groups is 1. The standard InChI is InChI=1S/C23H33N3O4S/c1-3-10-24-11-13-25(14-12-24)31(29,30)21-15-18(9-8-17(21)2)16-26-22(27)19-6-4-5-7-20(19)23(26)28/h8-9,15,19-20H,3-7,10-14,16H2,1-2H3/t19-,20-/m0/s1. The first-order chi connectivity index (χ1) is 14.8. The molecule has 1 aliphatic carbocycles. The Labute approximate surface area is 185 Å². The SMILES string of the molecule is CCCN1CCN(S(=O)(=O)c2cc(CN3C(=O)[C@H]4CCCC[C@@H]4C3=O)ccc2C)CC1. The molecule has 0 aromatic heterocycles. The highest BCUT2D eigenvalue weighted by Gasteiger charge is 2.48. The maximum atomic E-state index is 13.4. The van der Waals surface area contributed by atoms with E-state index < -0.39 is 10.0 Å². The van der Waals surface area contributed by atoms with Crippen LogP contribution in [0.4, 0.5) is 0 Å². The molecule has 1 saturated carbocycles. The number of carbonyl (C=O) groups excluding carboxylic acids is 2. The number of nitrogens with zero attached hydrogens (tertiary/aromatic N) is 3. The maximum Gasteiger partial charge on any atom is 0.243 e. The largest absolute Gasteiger partial charge is 0.301 e. The van der Waals surface area contributed by atoms with Crippen molar-refractivity contribution in [3.8, 4) is 0 Å². The second-order valence-corrected chi connectivity index (χ2v) is 11.0. The predicted octanol–water partition coefficient (Wildman–Crippen LogP) is 2.39. The second-order valence-electron chi connectivity index (χ2n) is 9.11. The average molecular weight is 448 g/mol. The minimum atomic E-state index is -3.62. The van der Waals surface area contributed by atoms with Gasteiger partial charge in [0.2, 0.25) is 21.8 Å². The molecule has 31 heavy (non-hydrogen) atoms. The Morgan fingerprint density at radius 1 is 0.968 bits per heavy atom. The monoisotopic (exact) mass is 447 g/mol. The molecule has 3 aliphatic rings. The molecule has 0 unspecified atom stereocenters. The second kappa shape index (κ2) is 9.00. The number of sulfonamides is 1. The van der Waals surface area contributed by atoms with Crippen molar-refractivity contribution in [3.05, 3.63) is 29.3 Å². The van der Waals surface area contributed by atoms with E-state index in [1.54, 1.807) is 23.4 Å². The lowest BCUT2D eigenvalue weighted by molar-refractivity contribution is -0.140. The highest BCUT2D eigenvalue weighted by Crippen LogP contribution is 2.38. The van der Waals surface area contributed by atoms with Crippen LogP contribution >= 0.6 is 0 Å². The van der Waals surface area contributed by atoms with Crippen LogP contribution in [0.2, 0.25) is 0 Å². The zero-order valence-electron chi connectivity index (χ0n) is 18.5. The quantitative estimate of drug-likeness (QED) is 0.626. The molecule has 0 radical (unpaired) electrons. The fourth-order valence-corrected chi connectivity index (χ4v) is 6.94. The van der Waals surface area contributed by atoms with Crippen molar-refractivity contribution in [2.45, 2.75) is 57.4 Å². The van der Waals surface area contributed by atoms with Crippen molar-refractivity contribution in [2.75, 3.05) is 32.7 Å². The maximum absolute atomic E-state index is 13.4. The lowest BCUT2D eigenvalue weighted by Crippen LogP contribution is -2.48. The van der Waals surface area contributed by atoms with E-state index in [2.05, 4.69) is 11.8 Å². The number of hydrogen-bond acceptors (Lipinski definition) is 5. The third kappa shape index (κ3) is 4.30. The number of carbonyl (C=O) groups is 2. The number of benzene rings is 1. The van der Waals surface area contributed by atoms with E-state index in [0.29, 0.717) is 24.2 Å². The van der Waals surface area contributed by atoms with Gasteiger partial charge in [0.05, 0.1) is 23.3 Å². The van der Waals surface area contributed by atoms with Gasteiger partial charge in [0.15, 0.2) is 0 Å². The van der Waals surface area contributed by atoms with Crippen molar-refractivity contribution < 1.29 is 18.0 Å². The van der Waals surface area contributed by atoms with Crippen LogP contribution in [0.25, 0.3) is 0 Å². The minimum Gasteiger partial charge on any atom is -0.301 e. The van der Waals surface area contributed by atoms with Gasteiger partial charge in [-0.05, 0) is 49.9 Å². The van der Waals surface area contributed by atoms with Crippen LogP contribution in [0.1, 0.15) is 50.2 Å². The molecule has 3 fully saturated rings. The Morgan fingerprint density at radius 3 is 2.16 bits per heavy atom. The molecule has 2 atom stereocenters. The van der Waals surface area contributed by atoms with Gasteiger partial charge in [0, 0.05) is 26.2 Å². The molecule has 170 valence electrons. The van der Waals surface area contributed by atoms with E-state index in [9.17, 15) is 18.0 Å². The molecule has 0 N–H and O–H groups in total. The number of aryl methyl sites for hydroxylation is 1. The number of amides is 2. The van der Waals surface area contributed by atoms with Crippen LogP contribution in [0.5, 0.6) is 0 Å². The predicted molar refractivity (Wildman–Crippen MR) is 118 cm³/mol. The van der Waals surface area contributed by atoms with E-state index in [0.717, 1.165) is 51.7 Å². The van der Waals surface area contributed by atoms with Gasteiger partial charge in [0.25, 0.3) is 0 Å². The first-order valence-corrected chi connectivity index (χ1v) is 12.9. The summed E-state index contributed by atoms with van der Waals surface area (Å²) in [7, 11) is -3.62. The normalized spacial score (nSPS) is 25.8. The van der Waals surface area contributed by atoms with Gasteiger partial charge in [-0.2, -0.15) is 4.31 Å². The third-order valence-corrected chi connectivity index (χ3v) is 9.06. The highest BCUT2D eigenvalue weighted by molar-refractivity contribution is 7.89. The summed E-state index contributed by atoms with van der Waals surface area (Å²) in [6.45, 7) is 7.52. The summed E-state index contributed by atoms with van der Waals surface area (Å²) in [6, 6.07) is 5.27. The van der Waals surface area contributed by atoms with Crippen LogP contribution in [0, 0.1) is 18.8 Å². The lowest BCUT2D eigenvalue weighted by Gasteiger charge is -2.34. The Kier molecular flexibility index (Phi) is 6.51. The first-order valence-electron chi connectivity index (χ1n) is 11.5. The van der Waals surface area contributed by atoms with Crippen molar-refractivity contribution in [1.82, 2.24) is 14.1 Å². The van der Waals surface area contributed by atoms with Gasteiger partial charge in [-0.1, -0.05) is 31.9 Å². The van der Waals surface area contributed by atoms with Gasteiger partial charge < -0.3 is 4.90 Å². The Morgan fingerprint density at radius 2 is 1.58 bits per heavy atom. The van der Waals surface area contributed by atoms with Gasteiger partial charge >= 0.3 is 0 Å². The van der Waals surface area contributed by atoms with Crippen molar-refractivity contribution >= 4 is 21.8 Å². The molecule has 0 spiro atoms. The fraction of sp³-hybridized carbons (Fsp3) is 0.652. The zero-order valence-corrected chi connectivity index (χ0v) is 19.4. The van der Waals surface area contributed by atoms with Gasteiger partial charge in [0.1, 0.15) is 0 Å². The number of rotatable bonds is 6. The summed E-state index contributed by atoms with van der Waals surface area (Å²) in [4.78, 5) is 29.5. The van der Waals surface area contributed by atoms with E-state index in [-0.39, 0.29) is 35.1 Å². The Balaban J connectivity index is 1.52. The van der Waals surface area contributed by atoms with Crippen molar-refractivity contribution in [2.24, 2.45) is 11.8 Å². The van der Waals surface area contributed by atoms with Crippen LogP contribution in [-0.4, -0.2) is 67.1 Å². The Bertz CT molecular complexity index is 930. The molecule has 2 heterocycles. The van der Waals surface area contributed by atoms with Crippen LogP contribution in [0.3, 0.4) is 0 Å². The number of hydrogen-bond donors (Lipinski definition) is 0. The smallest absolute Gasteiger partial charge is 0.243 e. The first kappa shape index (κ1) is 22.4. The Hall–Kier alpha value is -1.77. The lowest BCUT2D eigenvalue weighted by atomic mass is 9.81. The summed E-state index contributed by atoms with van der Waals surface area (Å²) in [5.41, 5.74) is 1.38. The number of likely N-dealkylation sites (tertiary alicyclic amines) is 1. The summed E-state index contributed by atoms with van der Waals surface area (Å²) >= 11 is 0. The zero-order chi connectivity index (χ0) is 22.2. The minimum absolute atomic E-state index is 0.0910. The molecule has 2 aliphatic heterocycles. The van der Waals surface area contributed by atoms with E-state index >= 15 is 0 Å².